The molecular weight excluding hydrogens is 413 g/mol. The van der Waals surface area contributed by atoms with Crippen LogP contribution >= 0.6 is 34.2 Å². The van der Waals surface area contributed by atoms with E-state index in [0.29, 0.717) is 22.5 Å². The predicted octanol–water partition coefficient (Wildman–Crippen LogP) is 4.88. The van der Waals surface area contributed by atoms with Crippen LogP contribution in [-0.2, 0) is 0 Å². The number of ether oxygens (including phenoxy) is 1. The van der Waals surface area contributed by atoms with Crippen LogP contribution in [0.3, 0.4) is 0 Å². The van der Waals surface area contributed by atoms with Crippen molar-refractivity contribution in [3.05, 3.63) is 38.7 Å². The van der Waals surface area contributed by atoms with Crippen LogP contribution in [0.1, 0.15) is 24.5 Å². The standard InChI is InChI=1S/C14H10ClF2IN2O/c15-12-10(18)11(7-5-6-7)19-13(20-12)8-3-1-2-4-9(8)21-14(16)17/h1-4,7,14H,5-6H2. The maximum absolute atomic E-state index is 12.5. The lowest BCUT2D eigenvalue weighted by atomic mass is 10.1. The minimum absolute atomic E-state index is 0.0477. The first kappa shape index (κ1) is 14.9. The molecule has 0 saturated heterocycles. The van der Waals surface area contributed by atoms with Gasteiger partial charge in [-0.05, 0) is 47.6 Å². The Balaban J connectivity index is 2.08. The van der Waals surface area contributed by atoms with Gasteiger partial charge in [-0.1, -0.05) is 23.7 Å². The first-order chi connectivity index (χ1) is 10.1. The molecule has 0 radical (unpaired) electrons. The summed E-state index contributed by atoms with van der Waals surface area (Å²) in [6.45, 7) is -2.90. The third kappa shape index (κ3) is 3.26. The van der Waals surface area contributed by atoms with Gasteiger partial charge < -0.3 is 4.74 Å². The molecule has 0 bridgehead atoms. The van der Waals surface area contributed by atoms with Gasteiger partial charge in [-0.15, -0.1) is 0 Å². The second-order valence-electron chi connectivity index (χ2n) is 4.69. The normalized spacial score (nSPS) is 14.5. The van der Waals surface area contributed by atoms with Crippen LogP contribution in [0.4, 0.5) is 8.78 Å². The molecule has 110 valence electrons. The summed E-state index contributed by atoms with van der Waals surface area (Å²) < 4.78 is 30.3. The van der Waals surface area contributed by atoms with Crippen molar-refractivity contribution in [3.8, 4) is 17.1 Å². The van der Waals surface area contributed by atoms with Gasteiger partial charge in [0.25, 0.3) is 0 Å². The molecular formula is C14H10ClF2IN2O. The summed E-state index contributed by atoms with van der Waals surface area (Å²) in [4.78, 5) is 8.71. The fraction of sp³-hybridized carbons (Fsp3) is 0.286. The Labute approximate surface area is 138 Å². The van der Waals surface area contributed by atoms with E-state index in [2.05, 4.69) is 37.3 Å². The zero-order valence-electron chi connectivity index (χ0n) is 10.7. The van der Waals surface area contributed by atoms with Gasteiger partial charge in [0.15, 0.2) is 5.82 Å². The predicted molar refractivity (Wildman–Crippen MR) is 83.8 cm³/mol. The second kappa shape index (κ2) is 6.00. The summed E-state index contributed by atoms with van der Waals surface area (Å²) >= 11 is 8.27. The van der Waals surface area contributed by atoms with E-state index in [-0.39, 0.29) is 5.75 Å². The number of hydrogen-bond donors (Lipinski definition) is 0. The number of hydrogen-bond acceptors (Lipinski definition) is 3. The van der Waals surface area contributed by atoms with Crippen LogP contribution in [0, 0.1) is 3.57 Å². The van der Waals surface area contributed by atoms with Crippen molar-refractivity contribution in [1.29, 1.82) is 0 Å². The summed E-state index contributed by atoms with van der Waals surface area (Å²) in [5, 5.41) is 0.342. The van der Waals surface area contributed by atoms with Gasteiger partial charge in [-0.2, -0.15) is 8.78 Å². The average molecular weight is 423 g/mol. The van der Waals surface area contributed by atoms with Crippen LogP contribution in [0.15, 0.2) is 24.3 Å². The molecule has 3 nitrogen and oxygen atoms in total. The summed E-state index contributed by atoms with van der Waals surface area (Å²) in [6, 6.07) is 6.46. The van der Waals surface area contributed by atoms with Gasteiger partial charge in [-0.3, -0.25) is 0 Å². The third-order valence-electron chi connectivity index (χ3n) is 3.14. The van der Waals surface area contributed by atoms with Crippen LogP contribution in [0.2, 0.25) is 5.15 Å². The largest absolute Gasteiger partial charge is 0.434 e. The molecule has 0 atom stereocenters. The zero-order valence-corrected chi connectivity index (χ0v) is 13.6. The monoisotopic (exact) mass is 422 g/mol. The minimum Gasteiger partial charge on any atom is -0.434 e. The highest BCUT2D eigenvalue weighted by Crippen LogP contribution is 2.43. The Morgan fingerprint density at radius 2 is 1.95 bits per heavy atom. The topological polar surface area (TPSA) is 35.0 Å². The fourth-order valence-electron chi connectivity index (χ4n) is 2.03. The molecule has 2 aromatic rings. The molecule has 0 unspecified atom stereocenters. The average Bonchev–Trinajstić information content (AvgIpc) is 3.26. The van der Waals surface area contributed by atoms with Crippen molar-refractivity contribution in [2.24, 2.45) is 0 Å². The number of nitrogens with zero attached hydrogens (tertiary/aromatic N) is 2. The van der Waals surface area contributed by atoms with E-state index in [1.807, 2.05) is 0 Å². The number of rotatable bonds is 4. The molecule has 3 rings (SSSR count). The van der Waals surface area contributed by atoms with Gasteiger partial charge >= 0.3 is 6.61 Å². The lowest BCUT2D eigenvalue weighted by Crippen LogP contribution is -2.05. The van der Waals surface area contributed by atoms with E-state index in [0.717, 1.165) is 22.1 Å². The molecule has 1 heterocycles. The number of alkyl halides is 2. The van der Waals surface area contributed by atoms with Gasteiger partial charge in [0.2, 0.25) is 0 Å². The molecule has 0 spiro atoms. The Morgan fingerprint density at radius 3 is 2.62 bits per heavy atom. The van der Waals surface area contributed by atoms with Crippen molar-refractivity contribution in [3.63, 3.8) is 0 Å². The van der Waals surface area contributed by atoms with E-state index in [1.165, 1.54) is 6.07 Å². The number of benzene rings is 1. The molecule has 1 aliphatic rings. The van der Waals surface area contributed by atoms with E-state index >= 15 is 0 Å². The molecule has 1 saturated carbocycles. The van der Waals surface area contributed by atoms with E-state index in [1.54, 1.807) is 18.2 Å². The molecule has 0 amide bonds. The lowest BCUT2D eigenvalue weighted by Gasteiger charge is -2.11. The first-order valence-corrected chi connectivity index (χ1v) is 7.79. The van der Waals surface area contributed by atoms with Gasteiger partial charge in [0.05, 0.1) is 14.8 Å². The molecule has 21 heavy (non-hydrogen) atoms. The van der Waals surface area contributed by atoms with E-state index < -0.39 is 6.61 Å². The second-order valence-corrected chi connectivity index (χ2v) is 6.12. The summed E-state index contributed by atoms with van der Waals surface area (Å²) in [7, 11) is 0. The smallest absolute Gasteiger partial charge is 0.387 e. The van der Waals surface area contributed by atoms with Gasteiger partial charge in [0.1, 0.15) is 10.9 Å². The van der Waals surface area contributed by atoms with E-state index in [4.69, 9.17) is 11.6 Å². The fourth-order valence-corrected chi connectivity index (χ4v) is 2.89. The van der Waals surface area contributed by atoms with Crippen LogP contribution in [0.25, 0.3) is 11.4 Å². The van der Waals surface area contributed by atoms with Crippen LogP contribution < -0.4 is 4.74 Å². The zero-order chi connectivity index (χ0) is 15.0. The number of halogens is 4. The van der Waals surface area contributed by atoms with Crippen LogP contribution in [0.5, 0.6) is 5.75 Å². The lowest BCUT2D eigenvalue weighted by molar-refractivity contribution is -0.0494. The Kier molecular flexibility index (Phi) is 4.26. The Morgan fingerprint density at radius 1 is 1.24 bits per heavy atom. The maximum atomic E-state index is 12.5. The number of aromatic nitrogens is 2. The van der Waals surface area contributed by atoms with Crippen molar-refractivity contribution in [1.82, 2.24) is 9.97 Å². The molecule has 1 aromatic heterocycles. The van der Waals surface area contributed by atoms with Crippen molar-refractivity contribution >= 4 is 34.2 Å². The van der Waals surface area contributed by atoms with Crippen molar-refractivity contribution < 1.29 is 13.5 Å². The quantitative estimate of drug-likeness (QED) is 0.520. The van der Waals surface area contributed by atoms with Crippen molar-refractivity contribution in [2.75, 3.05) is 0 Å². The molecule has 0 aliphatic heterocycles. The van der Waals surface area contributed by atoms with Crippen LogP contribution in [-0.4, -0.2) is 16.6 Å². The Bertz CT molecular complexity index is 680. The molecule has 1 aromatic carbocycles. The number of para-hydroxylation sites is 1. The molecule has 1 aliphatic carbocycles. The molecule has 7 heteroatoms. The highest BCUT2D eigenvalue weighted by atomic mass is 127. The highest BCUT2D eigenvalue weighted by Gasteiger charge is 2.29. The van der Waals surface area contributed by atoms with E-state index in [9.17, 15) is 8.78 Å². The summed E-state index contributed by atoms with van der Waals surface area (Å²) in [6.07, 6.45) is 2.13. The van der Waals surface area contributed by atoms with Gasteiger partial charge in [0, 0.05) is 5.92 Å². The van der Waals surface area contributed by atoms with Gasteiger partial charge in [-0.25, -0.2) is 9.97 Å². The third-order valence-corrected chi connectivity index (χ3v) is 4.80. The van der Waals surface area contributed by atoms with Crippen molar-refractivity contribution in [2.45, 2.75) is 25.4 Å². The summed E-state index contributed by atoms with van der Waals surface area (Å²) in [5.41, 5.74) is 1.30. The summed E-state index contributed by atoms with van der Waals surface area (Å²) in [5.74, 6) is 0.754. The molecule has 0 N–H and O–H groups in total. The highest BCUT2D eigenvalue weighted by molar-refractivity contribution is 14.1. The Hall–Kier alpha value is -1.02. The minimum atomic E-state index is -2.90. The maximum Gasteiger partial charge on any atom is 0.387 e. The molecule has 1 fully saturated rings. The SMILES string of the molecule is FC(F)Oc1ccccc1-c1nc(Cl)c(I)c(C2CC2)n1. The first-order valence-electron chi connectivity index (χ1n) is 6.33.